The molecule has 0 aliphatic rings. The van der Waals surface area contributed by atoms with E-state index in [0.717, 1.165) is 0 Å². The molecule has 0 saturated carbocycles. The van der Waals surface area contributed by atoms with E-state index in [-0.39, 0.29) is 24.6 Å². The highest BCUT2D eigenvalue weighted by molar-refractivity contribution is 6.37. The van der Waals surface area contributed by atoms with Crippen molar-refractivity contribution in [2.45, 2.75) is 13.8 Å². The predicted octanol–water partition coefficient (Wildman–Crippen LogP) is 0.0880. The number of hydrogen-bond donors (Lipinski definition) is 2. The van der Waals surface area contributed by atoms with Gasteiger partial charge in [0.25, 0.3) is 0 Å². The number of rotatable bonds is 4. The molecule has 0 aromatic carbocycles. The van der Waals surface area contributed by atoms with Crippen LogP contribution in [0.3, 0.4) is 0 Å². The number of aromatic nitrogens is 2. The summed E-state index contributed by atoms with van der Waals surface area (Å²) in [6.07, 6.45) is 1.26. The van der Waals surface area contributed by atoms with E-state index in [1.54, 1.807) is 13.8 Å². The summed E-state index contributed by atoms with van der Waals surface area (Å²) in [5.41, 5.74) is 0.0366. The largest absolute Gasteiger partial charge is 0.462 e. The highest BCUT2D eigenvalue weighted by Gasteiger charge is 2.21. The van der Waals surface area contributed by atoms with Crippen LogP contribution in [0.5, 0.6) is 0 Å². The number of nitrogens with zero attached hydrogens (tertiary/aromatic N) is 1. The van der Waals surface area contributed by atoms with E-state index in [9.17, 15) is 14.4 Å². The summed E-state index contributed by atoms with van der Waals surface area (Å²) in [6.45, 7) is 3.49. The van der Waals surface area contributed by atoms with E-state index in [1.807, 2.05) is 0 Å². The molecule has 8 nitrogen and oxygen atoms in total. The van der Waals surface area contributed by atoms with Gasteiger partial charge in [-0.15, -0.1) is 0 Å². The van der Waals surface area contributed by atoms with Crippen LogP contribution in [0.15, 0.2) is 6.20 Å². The number of hydrogen-bond acceptors (Lipinski definition) is 6. The second kappa shape index (κ2) is 6.38. The molecule has 2 N–H and O–H groups in total. The fraction of sp³-hybridized carbons (Fsp3) is 0.400. The van der Waals surface area contributed by atoms with Crippen molar-refractivity contribution in [2.75, 3.05) is 18.5 Å². The number of ether oxygens (including phenoxy) is 2. The van der Waals surface area contributed by atoms with Gasteiger partial charge in [-0.3, -0.25) is 15.2 Å². The smallest absolute Gasteiger partial charge is 0.397 e. The Morgan fingerprint density at radius 2 is 1.94 bits per heavy atom. The van der Waals surface area contributed by atoms with Gasteiger partial charge in [-0.2, -0.15) is 5.10 Å². The number of esters is 2. The molecular formula is C10H13N3O5. The number of nitrogens with one attached hydrogen (secondary N) is 2. The lowest BCUT2D eigenvalue weighted by Gasteiger charge is -2.04. The summed E-state index contributed by atoms with van der Waals surface area (Å²) in [5, 5.41) is 8.19. The summed E-state index contributed by atoms with van der Waals surface area (Å²) in [6, 6.07) is 0. The first kappa shape index (κ1) is 13.7. The van der Waals surface area contributed by atoms with E-state index in [2.05, 4.69) is 20.3 Å². The third kappa shape index (κ3) is 3.30. The van der Waals surface area contributed by atoms with Crippen LogP contribution in [0.25, 0.3) is 0 Å². The molecule has 0 atom stereocenters. The molecule has 0 fully saturated rings. The third-order valence-corrected chi connectivity index (χ3v) is 1.83. The van der Waals surface area contributed by atoms with Crippen molar-refractivity contribution >= 4 is 23.7 Å². The van der Waals surface area contributed by atoms with Gasteiger partial charge in [0, 0.05) is 6.20 Å². The number of aromatic amines is 1. The standard InChI is InChI=1S/C10H13N3O5/c1-3-17-9(15)6-5-11-13-7(6)12-8(14)10(16)18-4-2/h5H,3-4H2,1-2H3,(H2,11,12,13,14). The molecule has 0 unspecified atom stereocenters. The predicted molar refractivity (Wildman–Crippen MR) is 59.8 cm³/mol. The van der Waals surface area contributed by atoms with Gasteiger partial charge in [-0.25, -0.2) is 9.59 Å². The maximum Gasteiger partial charge on any atom is 0.397 e. The lowest BCUT2D eigenvalue weighted by molar-refractivity contribution is -0.152. The fourth-order valence-electron chi connectivity index (χ4n) is 1.10. The zero-order valence-corrected chi connectivity index (χ0v) is 9.98. The van der Waals surface area contributed by atoms with Crippen LogP contribution in [-0.4, -0.2) is 41.3 Å². The van der Waals surface area contributed by atoms with Crippen LogP contribution in [0.2, 0.25) is 0 Å². The van der Waals surface area contributed by atoms with Gasteiger partial charge in [0.2, 0.25) is 0 Å². The van der Waals surface area contributed by atoms with Gasteiger partial charge in [0.15, 0.2) is 5.82 Å². The molecule has 1 heterocycles. The zero-order chi connectivity index (χ0) is 13.5. The minimum Gasteiger partial charge on any atom is -0.462 e. The molecule has 1 amide bonds. The van der Waals surface area contributed by atoms with Crippen molar-refractivity contribution in [3.05, 3.63) is 11.8 Å². The minimum atomic E-state index is -1.05. The van der Waals surface area contributed by atoms with Crippen molar-refractivity contribution in [1.29, 1.82) is 0 Å². The Kier molecular flexibility index (Phi) is 4.85. The van der Waals surface area contributed by atoms with Gasteiger partial charge in [0.05, 0.1) is 13.2 Å². The number of H-pyrrole nitrogens is 1. The average Bonchev–Trinajstić information content (AvgIpc) is 2.77. The van der Waals surface area contributed by atoms with Gasteiger partial charge in [0.1, 0.15) is 5.56 Å². The summed E-state index contributed by atoms with van der Waals surface area (Å²) in [7, 11) is 0. The minimum absolute atomic E-state index is 0.0366. The zero-order valence-electron chi connectivity index (χ0n) is 9.98. The van der Waals surface area contributed by atoms with Crippen molar-refractivity contribution < 1.29 is 23.9 Å². The molecular weight excluding hydrogens is 242 g/mol. The molecule has 0 radical (unpaired) electrons. The summed E-state index contributed by atoms with van der Waals surface area (Å²) < 4.78 is 9.25. The van der Waals surface area contributed by atoms with Gasteiger partial charge in [-0.05, 0) is 13.8 Å². The topological polar surface area (TPSA) is 110 Å². The Labute approximate surface area is 103 Å². The van der Waals surface area contributed by atoms with Crippen LogP contribution in [0, 0.1) is 0 Å². The van der Waals surface area contributed by atoms with E-state index in [1.165, 1.54) is 6.20 Å². The SMILES string of the molecule is CCOC(=O)C(=O)Nc1n[nH]cc1C(=O)OCC. The highest BCUT2D eigenvalue weighted by Crippen LogP contribution is 2.12. The van der Waals surface area contributed by atoms with Crippen LogP contribution in [0.4, 0.5) is 5.82 Å². The lowest BCUT2D eigenvalue weighted by atomic mass is 10.3. The van der Waals surface area contributed by atoms with Crippen LogP contribution in [0.1, 0.15) is 24.2 Å². The van der Waals surface area contributed by atoms with E-state index in [4.69, 9.17) is 4.74 Å². The first-order valence-corrected chi connectivity index (χ1v) is 5.29. The molecule has 1 rings (SSSR count). The second-order valence-corrected chi connectivity index (χ2v) is 3.04. The Hall–Kier alpha value is -2.38. The molecule has 0 saturated heterocycles. The molecule has 98 valence electrons. The molecule has 0 aliphatic carbocycles. The number of carbonyl (C=O) groups excluding carboxylic acids is 3. The number of anilines is 1. The van der Waals surface area contributed by atoms with Crippen molar-refractivity contribution in [2.24, 2.45) is 0 Å². The maximum atomic E-state index is 11.5. The molecule has 0 bridgehead atoms. The van der Waals surface area contributed by atoms with E-state index < -0.39 is 17.8 Å². The normalized spacial score (nSPS) is 9.67. The maximum absolute atomic E-state index is 11.5. The Morgan fingerprint density at radius 1 is 1.28 bits per heavy atom. The van der Waals surface area contributed by atoms with E-state index in [0.29, 0.717) is 0 Å². The highest BCUT2D eigenvalue weighted by atomic mass is 16.5. The molecule has 18 heavy (non-hydrogen) atoms. The summed E-state index contributed by atoms with van der Waals surface area (Å²) >= 11 is 0. The third-order valence-electron chi connectivity index (χ3n) is 1.83. The average molecular weight is 255 g/mol. The van der Waals surface area contributed by atoms with Crippen molar-refractivity contribution in [3.8, 4) is 0 Å². The molecule has 0 aliphatic heterocycles. The van der Waals surface area contributed by atoms with Crippen molar-refractivity contribution in [1.82, 2.24) is 10.2 Å². The molecule has 1 aromatic heterocycles. The first-order valence-electron chi connectivity index (χ1n) is 5.29. The van der Waals surface area contributed by atoms with Crippen LogP contribution >= 0.6 is 0 Å². The summed E-state index contributed by atoms with van der Waals surface area (Å²) in [5.74, 6) is -2.78. The van der Waals surface area contributed by atoms with Gasteiger partial charge in [-0.1, -0.05) is 0 Å². The lowest BCUT2D eigenvalue weighted by Crippen LogP contribution is -2.26. The summed E-state index contributed by atoms with van der Waals surface area (Å²) in [4.78, 5) is 33.9. The van der Waals surface area contributed by atoms with Gasteiger partial charge < -0.3 is 9.47 Å². The monoisotopic (exact) mass is 255 g/mol. The van der Waals surface area contributed by atoms with E-state index >= 15 is 0 Å². The van der Waals surface area contributed by atoms with Gasteiger partial charge >= 0.3 is 17.8 Å². The Balaban J connectivity index is 2.74. The molecule has 0 spiro atoms. The Bertz CT molecular complexity index is 454. The number of carbonyl (C=O) groups is 3. The molecule has 1 aromatic rings. The van der Waals surface area contributed by atoms with Crippen LogP contribution < -0.4 is 5.32 Å². The van der Waals surface area contributed by atoms with Crippen LogP contribution in [-0.2, 0) is 19.1 Å². The molecule has 8 heteroatoms. The fourth-order valence-corrected chi connectivity index (χ4v) is 1.10. The second-order valence-electron chi connectivity index (χ2n) is 3.04. The first-order chi connectivity index (χ1) is 8.60. The quantitative estimate of drug-likeness (QED) is 0.582. The Morgan fingerprint density at radius 3 is 2.56 bits per heavy atom. The van der Waals surface area contributed by atoms with Crippen molar-refractivity contribution in [3.63, 3.8) is 0 Å². The number of amides is 1.